The Bertz CT molecular complexity index is 654. The minimum absolute atomic E-state index is 0.0719. The van der Waals surface area contributed by atoms with Crippen molar-refractivity contribution in [2.24, 2.45) is 5.73 Å². The third kappa shape index (κ3) is 2.34. The summed E-state index contributed by atoms with van der Waals surface area (Å²) in [5.74, 6) is 0.614. The van der Waals surface area contributed by atoms with Crippen molar-refractivity contribution in [3.05, 3.63) is 42.0 Å². The highest BCUT2D eigenvalue weighted by atomic mass is 16.3. The van der Waals surface area contributed by atoms with Gasteiger partial charge in [0.15, 0.2) is 5.58 Å². The molecule has 0 spiro atoms. The number of hydrogen-bond donors (Lipinski definition) is 1. The summed E-state index contributed by atoms with van der Waals surface area (Å²) in [6, 6.07) is 7.60. The third-order valence-electron chi connectivity index (χ3n) is 3.01. The second-order valence-electron chi connectivity index (χ2n) is 4.43. The van der Waals surface area contributed by atoms with Crippen LogP contribution in [0.4, 0.5) is 0 Å². The van der Waals surface area contributed by atoms with Gasteiger partial charge in [-0.05, 0) is 18.6 Å². The molecule has 19 heavy (non-hydrogen) atoms. The van der Waals surface area contributed by atoms with Crippen LogP contribution in [0.3, 0.4) is 0 Å². The second kappa shape index (κ2) is 4.81. The van der Waals surface area contributed by atoms with E-state index in [-0.39, 0.29) is 6.04 Å². The molecule has 1 unspecified atom stereocenters. The minimum atomic E-state index is -0.0719. The maximum atomic E-state index is 5.91. The molecule has 6 nitrogen and oxygen atoms in total. The first kappa shape index (κ1) is 11.9. The lowest BCUT2D eigenvalue weighted by molar-refractivity contribution is 0.485. The fraction of sp³-hybridized carbons (Fsp3) is 0.308. The first-order chi connectivity index (χ1) is 9.26. The zero-order valence-electron chi connectivity index (χ0n) is 10.7. The highest BCUT2D eigenvalue weighted by Crippen LogP contribution is 2.16. The van der Waals surface area contributed by atoms with E-state index in [1.165, 1.54) is 0 Å². The molecule has 0 aliphatic rings. The van der Waals surface area contributed by atoms with E-state index >= 15 is 0 Å². The summed E-state index contributed by atoms with van der Waals surface area (Å²) in [5.41, 5.74) is 8.33. The zero-order chi connectivity index (χ0) is 13.2. The summed E-state index contributed by atoms with van der Waals surface area (Å²) < 4.78 is 7.33. The molecule has 0 aliphatic carbocycles. The third-order valence-corrected chi connectivity index (χ3v) is 3.01. The van der Waals surface area contributed by atoms with E-state index in [4.69, 9.17) is 10.2 Å². The molecule has 0 radical (unpaired) electrons. The van der Waals surface area contributed by atoms with Gasteiger partial charge in [0, 0.05) is 0 Å². The molecule has 2 N–H and O–H groups in total. The predicted octanol–water partition coefficient (Wildman–Crippen LogP) is 1.88. The Labute approximate surface area is 110 Å². The van der Waals surface area contributed by atoms with E-state index < -0.39 is 0 Å². The lowest BCUT2D eigenvalue weighted by atomic mass is 10.2. The van der Waals surface area contributed by atoms with Gasteiger partial charge in [-0.25, -0.2) is 9.67 Å². The minimum Gasteiger partial charge on any atom is -0.439 e. The van der Waals surface area contributed by atoms with Crippen LogP contribution in [-0.2, 0) is 6.54 Å². The Balaban J connectivity index is 1.82. The number of para-hydroxylation sites is 2. The number of rotatable bonds is 4. The Morgan fingerprint density at radius 1 is 1.37 bits per heavy atom. The van der Waals surface area contributed by atoms with Gasteiger partial charge in [0.2, 0.25) is 5.89 Å². The normalized spacial score (nSPS) is 12.9. The molecule has 0 saturated heterocycles. The second-order valence-corrected chi connectivity index (χ2v) is 4.43. The topological polar surface area (TPSA) is 82.8 Å². The van der Waals surface area contributed by atoms with Crippen LogP contribution in [0.5, 0.6) is 0 Å². The maximum absolute atomic E-state index is 5.91. The average molecular weight is 257 g/mol. The molecule has 0 amide bonds. The summed E-state index contributed by atoms with van der Waals surface area (Å²) in [5, 5.41) is 8.09. The standard InChI is InChI=1S/C13H15N5O/c1-2-9(14)11-7-18(17-16-11)8-13-15-10-5-3-4-6-12(10)19-13/h3-7,9H,2,8,14H2,1H3. The number of oxazole rings is 1. The molecular formula is C13H15N5O. The van der Waals surface area contributed by atoms with Gasteiger partial charge in [-0.2, -0.15) is 0 Å². The molecule has 3 rings (SSSR count). The van der Waals surface area contributed by atoms with Gasteiger partial charge in [0.05, 0.1) is 17.9 Å². The van der Waals surface area contributed by atoms with E-state index in [1.807, 2.05) is 37.4 Å². The van der Waals surface area contributed by atoms with Crippen molar-refractivity contribution in [2.45, 2.75) is 25.9 Å². The molecule has 3 aromatic rings. The summed E-state index contributed by atoms with van der Waals surface area (Å²) >= 11 is 0. The molecule has 0 fully saturated rings. The van der Waals surface area contributed by atoms with Crippen LogP contribution in [0.25, 0.3) is 11.1 Å². The first-order valence-corrected chi connectivity index (χ1v) is 6.26. The monoisotopic (exact) mass is 257 g/mol. The van der Waals surface area contributed by atoms with E-state index in [2.05, 4.69) is 15.3 Å². The number of nitrogens with zero attached hydrogens (tertiary/aromatic N) is 4. The van der Waals surface area contributed by atoms with Crippen molar-refractivity contribution in [3.63, 3.8) is 0 Å². The number of aromatic nitrogens is 4. The van der Waals surface area contributed by atoms with Gasteiger partial charge in [0.25, 0.3) is 0 Å². The van der Waals surface area contributed by atoms with E-state index in [0.29, 0.717) is 12.4 Å². The molecule has 1 atom stereocenters. The summed E-state index contributed by atoms with van der Waals surface area (Å²) in [7, 11) is 0. The van der Waals surface area contributed by atoms with E-state index in [0.717, 1.165) is 23.2 Å². The molecular weight excluding hydrogens is 242 g/mol. The van der Waals surface area contributed by atoms with Crippen molar-refractivity contribution < 1.29 is 4.42 Å². The number of fused-ring (bicyclic) bond motifs is 1. The zero-order valence-corrected chi connectivity index (χ0v) is 10.7. The summed E-state index contributed by atoms with van der Waals surface area (Å²) in [6.45, 7) is 2.47. The molecule has 2 aromatic heterocycles. The molecule has 0 aliphatic heterocycles. The molecule has 6 heteroatoms. The van der Waals surface area contributed by atoms with Crippen LogP contribution in [0.2, 0.25) is 0 Å². The van der Waals surface area contributed by atoms with Crippen molar-refractivity contribution >= 4 is 11.1 Å². The van der Waals surface area contributed by atoms with Crippen LogP contribution in [0.1, 0.15) is 31.0 Å². The smallest absolute Gasteiger partial charge is 0.217 e. The van der Waals surface area contributed by atoms with Crippen LogP contribution >= 0.6 is 0 Å². The van der Waals surface area contributed by atoms with Crippen molar-refractivity contribution in [2.75, 3.05) is 0 Å². The predicted molar refractivity (Wildman–Crippen MR) is 70.4 cm³/mol. The Kier molecular flexibility index (Phi) is 3.00. The maximum Gasteiger partial charge on any atom is 0.217 e. The summed E-state index contributed by atoms with van der Waals surface area (Å²) in [6.07, 6.45) is 2.67. The van der Waals surface area contributed by atoms with Crippen molar-refractivity contribution in [3.8, 4) is 0 Å². The average Bonchev–Trinajstić information content (AvgIpc) is 3.04. The Morgan fingerprint density at radius 3 is 3.00 bits per heavy atom. The number of benzene rings is 1. The Hall–Kier alpha value is -2.21. The lowest BCUT2D eigenvalue weighted by Crippen LogP contribution is -2.08. The van der Waals surface area contributed by atoms with Gasteiger partial charge in [-0.15, -0.1) is 5.10 Å². The summed E-state index contributed by atoms with van der Waals surface area (Å²) in [4.78, 5) is 4.40. The highest BCUT2D eigenvalue weighted by Gasteiger charge is 2.10. The number of hydrogen-bond acceptors (Lipinski definition) is 5. The van der Waals surface area contributed by atoms with Crippen LogP contribution in [-0.4, -0.2) is 20.0 Å². The SMILES string of the molecule is CCC(N)c1cn(Cc2nc3ccccc3o2)nn1. The van der Waals surface area contributed by atoms with Crippen molar-refractivity contribution in [1.82, 2.24) is 20.0 Å². The van der Waals surface area contributed by atoms with E-state index in [9.17, 15) is 0 Å². The Morgan fingerprint density at radius 2 is 2.21 bits per heavy atom. The highest BCUT2D eigenvalue weighted by molar-refractivity contribution is 5.72. The van der Waals surface area contributed by atoms with E-state index in [1.54, 1.807) is 4.68 Å². The largest absolute Gasteiger partial charge is 0.439 e. The fourth-order valence-electron chi connectivity index (χ4n) is 1.90. The molecule has 2 heterocycles. The molecule has 0 saturated carbocycles. The van der Waals surface area contributed by atoms with Crippen LogP contribution in [0.15, 0.2) is 34.9 Å². The lowest BCUT2D eigenvalue weighted by Gasteiger charge is -2.01. The van der Waals surface area contributed by atoms with Gasteiger partial charge in [0.1, 0.15) is 12.1 Å². The molecule has 1 aromatic carbocycles. The number of nitrogens with two attached hydrogens (primary N) is 1. The first-order valence-electron chi connectivity index (χ1n) is 6.26. The molecule has 98 valence electrons. The van der Waals surface area contributed by atoms with Gasteiger partial charge in [-0.1, -0.05) is 24.3 Å². The van der Waals surface area contributed by atoms with Crippen LogP contribution < -0.4 is 5.73 Å². The van der Waals surface area contributed by atoms with Crippen molar-refractivity contribution in [1.29, 1.82) is 0 Å². The van der Waals surface area contributed by atoms with Gasteiger partial charge in [-0.3, -0.25) is 0 Å². The molecule has 0 bridgehead atoms. The van der Waals surface area contributed by atoms with Crippen LogP contribution in [0, 0.1) is 0 Å². The van der Waals surface area contributed by atoms with Gasteiger partial charge >= 0.3 is 0 Å². The quantitative estimate of drug-likeness (QED) is 0.771. The fourth-order valence-corrected chi connectivity index (χ4v) is 1.90. The van der Waals surface area contributed by atoms with Gasteiger partial charge < -0.3 is 10.2 Å².